The fourth-order valence-electron chi connectivity index (χ4n) is 1.17. The highest BCUT2D eigenvalue weighted by Crippen LogP contribution is 2.05. The Labute approximate surface area is 81.7 Å². The summed E-state index contributed by atoms with van der Waals surface area (Å²) in [5.74, 6) is -0.809. The van der Waals surface area contributed by atoms with E-state index in [9.17, 15) is 9.59 Å². The zero-order valence-electron chi connectivity index (χ0n) is 7.75. The molecule has 0 aliphatic carbocycles. The van der Waals surface area contributed by atoms with E-state index < -0.39 is 17.9 Å². The minimum absolute atomic E-state index is 0.319. The minimum atomic E-state index is -0.465. The van der Waals surface area contributed by atoms with Crippen molar-refractivity contribution >= 4 is 11.8 Å². The number of carbonyl (C=O) groups excluding carboxylic acids is 2. The third kappa shape index (κ3) is 2.63. The molecule has 1 aliphatic heterocycles. The lowest BCUT2D eigenvalue weighted by Gasteiger charge is -2.11. The van der Waals surface area contributed by atoms with Gasteiger partial charge in [0.2, 0.25) is 0 Å². The maximum atomic E-state index is 11.1. The van der Waals surface area contributed by atoms with E-state index in [-0.39, 0.29) is 0 Å². The monoisotopic (exact) mass is 198 g/mol. The Hall–Kier alpha value is -1.24. The van der Waals surface area contributed by atoms with Gasteiger partial charge in [-0.3, -0.25) is 14.9 Å². The van der Waals surface area contributed by atoms with Crippen LogP contribution in [0.1, 0.15) is 0 Å². The topological polar surface area (TPSA) is 110 Å². The summed E-state index contributed by atoms with van der Waals surface area (Å²) in [5, 5.41) is 5.10. The molecule has 1 rings (SSSR count). The fourth-order valence-corrected chi connectivity index (χ4v) is 1.17. The number of imide groups is 1. The molecule has 0 saturated carbocycles. The van der Waals surface area contributed by atoms with Crippen LogP contribution < -0.4 is 22.1 Å². The van der Waals surface area contributed by atoms with Gasteiger partial charge in [0.25, 0.3) is 11.8 Å². The van der Waals surface area contributed by atoms with Gasteiger partial charge in [0.15, 0.2) is 0 Å². The molecule has 0 aromatic heterocycles. The number of amides is 2. The Kier molecular flexibility index (Phi) is 3.75. The van der Waals surface area contributed by atoms with Crippen LogP contribution in [0.3, 0.4) is 0 Å². The Morgan fingerprint density at radius 1 is 1.50 bits per heavy atom. The van der Waals surface area contributed by atoms with Gasteiger partial charge in [-0.1, -0.05) is 0 Å². The predicted octanol–water partition coefficient (Wildman–Crippen LogP) is -2.56. The molecule has 1 atom stereocenters. The number of hydrogen-bond donors (Lipinski definition) is 4. The predicted molar refractivity (Wildman–Crippen MR) is 51.1 cm³/mol. The van der Waals surface area contributed by atoms with Crippen molar-refractivity contribution in [3.05, 3.63) is 11.6 Å². The van der Waals surface area contributed by atoms with Crippen LogP contribution in [0.5, 0.6) is 0 Å². The summed E-state index contributed by atoms with van der Waals surface area (Å²) >= 11 is 0. The van der Waals surface area contributed by atoms with Crippen LogP contribution in [0.4, 0.5) is 0 Å². The van der Waals surface area contributed by atoms with Crippen molar-refractivity contribution < 1.29 is 9.59 Å². The van der Waals surface area contributed by atoms with Crippen LogP contribution in [0.15, 0.2) is 11.6 Å². The molecule has 1 unspecified atom stereocenters. The number of carbonyl (C=O) groups is 2. The smallest absolute Gasteiger partial charge is 0.255 e. The van der Waals surface area contributed by atoms with Crippen molar-refractivity contribution in [3.8, 4) is 0 Å². The van der Waals surface area contributed by atoms with Crippen molar-refractivity contribution in [1.82, 2.24) is 10.6 Å². The van der Waals surface area contributed by atoms with Crippen molar-refractivity contribution in [2.75, 3.05) is 19.6 Å². The van der Waals surface area contributed by atoms with Gasteiger partial charge in [-0.2, -0.15) is 0 Å². The van der Waals surface area contributed by atoms with Gasteiger partial charge < -0.3 is 16.8 Å². The van der Waals surface area contributed by atoms with E-state index >= 15 is 0 Å². The number of hydrogen-bond acceptors (Lipinski definition) is 5. The normalized spacial score (nSPS) is 18.0. The summed E-state index contributed by atoms with van der Waals surface area (Å²) < 4.78 is 0. The SMILES string of the molecule is NCCNCC(N)C1=CC(=O)NC1=O. The van der Waals surface area contributed by atoms with Gasteiger partial charge in [-0.05, 0) is 0 Å². The first-order valence-electron chi connectivity index (χ1n) is 4.38. The second-order valence-electron chi connectivity index (χ2n) is 3.02. The number of nitrogens with two attached hydrogens (primary N) is 2. The highest BCUT2D eigenvalue weighted by atomic mass is 16.2. The van der Waals surface area contributed by atoms with Gasteiger partial charge in [-0.15, -0.1) is 0 Å². The quantitative estimate of drug-likeness (QED) is 0.287. The van der Waals surface area contributed by atoms with E-state index in [4.69, 9.17) is 11.5 Å². The van der Waals surface area contributed by atoms with Crippen molar-refractivity contribution in [2.24, 2.45) is 11.5 Å². The highest BCUT2D eigenvalue weighted by Gasteiger charge is 2.25. The molecule has 2 amide bonds. The molecule has 0 spiro atoms. The lowest BCUT2D eigenvalue weighted by atomic mass is 10.1. The molecule has 78 valence electrons. The molecule has 0 bridgehead atoms. The van der Waals surface area contributed by atoms with E-state index in [1.54, 1.807) is 0 Å². The van der Waals surface area contributed by atoms with Crippen molar-refractivity contribution in [2.45, 2.75) is 6.04 Å². The summed E-state index contributed by atoms with van der Waals surface area (Å²) in [6.45, 7) is 1.58. The number of nitrogens with one attached hydrogen (secondary N) is 2. The summed E-state index contributed by atoms with van der Waals surface area (Å²) in [5.41, 5.74) is 11.3. The molecular formula is C8H14N4O2. The molecule has 14 heavy (non-hydrogen) atoms. The third-order valence-corrected chi connectivity index (χ3v) is 1.87. The average molecular weight is 198 g/mol. The molecule has 0 saturated heterocycles. The second-order valence-corrected chi connectivity index (χ2v) is 3.02. The zero-order valence-corrected chi connectivity index (χ0v) is 7.75. The molecule has 1 heterocycles. The highest BCUT2D eigenvalue weighted by molar-refractivity contribution is 6.16. The number of rotatable bonds is 5. The van der Waals surface area contributed by atoms with E-state index in [0.29, 0.717) is 25.2 Å². The molecular weight excluding hydrogens is 184 g/mol. The van der Waals surface area contributed by atoms with Crippen molar-refractivity contribution in [3.63, 3.8) is 0 Å². The van der Waals surface area contributed by atoms with Crippen LogP contribution in [0.25, 0.3) is 0 Å². The van der Waals surface area contributed by atoms with E-state index in [0.717, 1.165) is 0 Å². The molecule has 0 aromatic rings. The summed E-state index contributed by atoms with van der Waals surface area (Å²) in [6, 6.07) is -0.465. The zero-order chi connectivity index (χ0) is 10.6. The lowest BCUT2D eigenvalue weighted by molar-refractivity contribution is -0.123. The second kappa shape index (κ2) is 4.85. The first kappa shape index (κ1) is 10.8. The van der Waals surface area contributed by atoms with Gasteiger partial charge in [0, 0.05) is 37.3 Å². The molecule has 6 nitrogen and oxygen atoms in total. The van der Waals surface area contributed by atoms with Gasteiger partial charge in [0.1, 0.15) is 0 Å². The van der Waals surface area contributed by atoms with Crippen LogP contribution in [-0.2, 0) is 9.59 Å². The molecule has 6 N–H and O–H groups in total. The first-order valence-corrected chi connectivity index (χ1v) is 4.38. The standard InChI is InChI=1S/C8H14N4O2/c9-1-2-11-4-6(10)5-3-7(13)12-8(5)14/h3,6,11H,1-2,4,9-10H2,(H,12,13,14). The van der Waals surface area contributed by atoms with Crippen LogP contribution >= 0.6 is 0 Å². The van der Waals surface area contributed by atoms with E-state index in [1.807, 2.05) is 0 Å². The fraction of sp³-hybridized carbons (Fsp3) is 0.500. The maximum Gasteiger partial charge on any atom is 0.255 e. The maximum absolute atomic E-state index is 11.1. The molecule has 0 aromatic carbocycles. The summed E-state index contributed by atoms with van der Waals surface area (Å²) in [4.78, 5) is 21.9. The molecule has 0 fully saturated rings. The van der Waals surface area contributed by atoms with Gasteiger partial charge in [-0.25, -0.2) is 0 Å². The summed E-state index contributed by atoms with van der Waals surface area (Å²) in [6.07, 6.45) is 1.23. The Bertz CT molecular complexity index is 275. The first-order chi connectivity index (χ1) is 6.65. The minimum Gasteiger partial charge on any atom is -0.329 e. The van der Waals surface area contributed by atoms with Gasteiger partial charge in [0.05, 0.1) is 0 Å². The lowest BCUT2D eigenvalue weighted by Crippen LogP contribution is -2.40. The molecule has 1 aliphatic rings. The van der Waals surface area contributed by atoms with Crippen LogP contribution in [0, 0.1) is 0 Å². The summed E-state index contributed by atoms with van der Waals surface area (Å²) in [7, 11) is 0. The third-order valence-electron chi connectivity index (χ3n) is 1.87. The average Bonchev–Trinajstić information content (AvgIpc) is 2.45. The Morgan fingerprint density at radius 2 is 2.21 bits per heavy atom. The molecule has 0 radical (unpaired) electrons. The Morgan fingerprint density at radius 3 is 2.71 bits per heavy atom. The molecule has 6 heteroatoms. The van der Waals surface area contributed by atoms with E-state index in [2.05, 4.69) is 10.6 Å². The van der Waals surface area contributed by atoms with E-state index in [1.165, 1.54) is 6.08 Å². The van der Waals surface area contributed by atoms with Crippen molar-refractivity contribution in [1.29, 1.82) is 0 Å². The van der Waals surface area contributed by atoms with Crippen LogP contribution in [-0.4, -0.2) is 37.5 Å². The van der Waals surface area contributed by atoms with Crippen LogP contribution in [0.2, 0.25) is 0 Å². The Balaban J connectivity index is 2.44. The van der Waals surface area contributed by atoms with Gasteiger partial charge >= 0.3 is 0 Å². The largest absolute Gasteiger partial charge is 0.329 e.